The zero-order valence-electron chi connectivity index (χ0n) is 10.8. The Balaban J connectivity index is 2.02. The maximum absolute atomic E-state index is 9.63. The molecule has 1 aliphatic heterocycles. The number of rotatable bonds is 2. The number of hydrogen-bond donors (Lipinski definition) is 1. The van der Waals surface area contributed by atoms with E-state index >= 15 is 0 Å². The van der Waals surface area contributed by atoms with E-state index < -0.39 is 0 Å². The smallest absolute Gasteiger partial charge is 0.0553 e. The number of hydrogen-bond acceptors (Lipinski definition) is 3. The molecule has 17 heavy (non-hydrogen) atoms. The molecule has 1 aliphatic rings. The third-order valence-electron chi connectivity index (χ3n) is 3.76. The first-order valence-corrected chi connectivity index (χ1v) is 6.47. The van der Waals surface area contributed by atoms with E-state index in [0.717, 1.165) is 38.9 Å². The van der Waals surface area contributed by atoms with Crippen LogP contribution in [0.1, 0.15) is 36.0 Å². The Kier molecular flexibility index (Phi) is 4.13. The van der Waals surface area contributed by atoms with Crippen molar-refractivity contribution in [3.63, 3.8) is 0 Å². The molecule has 0 amide bonds. The molecule has 1 aromatic rings. The first-order chi connectivity index (χ1) is 8.16. The molecule has 0 saturated carbocycles. The molecule has 1 saturated heterocycles. The fraction of sp³-hybridized carbons (Fsp3) is 0.643. The highest BCUT2D eigenvalue weighted by Gasteiger charge is 2.15. The number of nitrogens with zero attached hydrogens (tertiary/aromatic N) is 2. The highest BCUT2D eigenvalue weighted by molar-refractivity contribution is 5.29. The second kappa shape index (κ2) is 5.61. The molecule has 1 N–H and O–H groups in total. The van der Waals surface area contributed by atoms with Crippen LogP contribution in [0.3, 0.4) is 0 Å². The van der Waals surface area contributed by atoms with Crippen LogP contribution in [0.4, 0.5) is 0 Å². The van der Waals surface area contributed by atoms with E-state index in [1.54, 1.807) is 0 Å². The van der Waals surface area contributed by atoms with E-state index in [1.165, 1.54) is 16.7 Å². The van der Waals surface area contributed by atoms with Crippen molar-refractivity contribution in [3.05, 3.63) is 29.1 Å². The van der Waals surface area contributed by atoms with Crippen molar-refractivity contribution in [3.8, 4) is 0 Å². The van der Waals surface area contributed by atoms with E-state index in [1.807, 2.05) is 12.4 Å². The molecule has 1 atom stereocenters. The lowest BCUT2D eigenvalue weighted by molar-refractivity contribution is 0.154. The van der Waals surface area contributed by atoms with Gasteiger partial charge in [0.1, 0.15) is 0 Å². The largest absolute Gasteiger partial charge is 0.393 e. The van der Waals surface area contributed by atoms with E-state index in [-0.39, 0.29) is 6.10 Å². The molecule has 1 aromatic heterocycles. The predicted molar refractivity (Wildman–Crippen MR) is 68.8 cm³/mol. The van der Waals surface area contributed by atoms with Crippen molar-refractivity contribution in [2.45, 2.75) is 45.8 Å². The molecule has 2 heterocycles. The van der Waals surface area contributed by atoms with Crippen molar-refractivity contribution in [1.29, 1.82) is 0 Å². The third-order valence-corrected chi connectivity index (χ3v) is 3.76. The fourth-order valence-corrected chi connectivity index (χ4v) is 2.38. The Bertz CT molecular complexity index is 378. The van der Waals surface area contributed by atoms with Crippen LogP contribution < -0.4 is 0 Å². The highest BCUT2D eigenvalue weighted by Crippen LogP contribution is 2.17. The predicted octanol–water partition coefficient (Wildman–Crippen LogP) is 2.05. The van der Waals surface area contributed by atoms with Crippen molar-refractivity contribution in [1.82, 2.24) is 9.88 Å². The molecular weight excluding hydrogens is 212 g/mol. The Morgan fingerprint density at radius 2 is 2.12 bits per heavy atom. The van der Waals surface area contributed by atoms with Gasteiger partial charge < -0.3 is 5.11 Å². The molecule has 3 nitrogen and oxygen atoms in total. The summed E-state index contributed by atoms with van der Waals surface area (Å²) in [6.45, 7) is 7.32. The standard InChI is InChI=1S/C14H22N2O/c1-11-8-15-9-13(12(11)2)10-16-6-3-4-14(17)5-7-16/h8-9,14,17H,3-7,10H2,1-2H3/t14-/m1/s1. The molecule has 3 heteroatoms. The highest BCUT2D eigenvalue weighted by atomic mass is 16.3. The van der Waals surface area contributed by atoms with Gasteiger partial charge in [0.05, 0.1) is 6.10 Å². The summed E-state index contributed by atoms with van der Waals surface area (Å²) in [7, 11) is 0. The Morgan fingerprint density at radius 1 is 1.29 bits per heavy atom. The summed E-state index contributed by atoms with van der Waals surface area (Å²) < 4.78 is 0. The van der Waals surface area contributed by atoms with Crippen LogP contribution in [0.25, 0.3) is 0 Å². The SMILES string of the molecule is Cc1cncc(CN2CCC[C@@H](O)CC2)c1C. The van der Waals surface area contributed by atoms with Crippen molar-refractivity contribution < 1.29 is 5.11 Å². The topological polar surface area (TPSA) is 36.4 Å². The van der Waals surface area contributed by atoms with Crippen LogP contribution in [-0.4, -0.2) is 34.2 Å². The summed E-state index contributed by atoms with van der Waals surface area (Å²) >= 11 is 0. The Morgan fingerprint density at radius 3 is 2.94 bits per heavy atom. The average molecular weight is 234 g/mol. The fourth-order valence-electron chi connectivity index (χ4n) is 2.38. The zero-order valence-corrected chi connectivity index (χ0v) is 10.8. The van der Waals surface area contributed by atoms with Crippen molar-refractivity contribution >= 4 is 0 Å². The second-order valence-corrected chi connectivity index (χ2v) is 5.10. The van der Waals surface area contributed by atoms with Gasteiger partial charge in [-0.15, -0.1) is 0 Å². The lowest BCUT2D eigenvalue weighted by Gasteiger charge is -2.21. The summed E-state index contributed by atoms with van der Waals surface area (Å²) in [6, 6.07) is 0. The summed E-state index contributed by atoms with van der Waals surface area (Å²) in [5, 5.41) is 9.63. The molecule has 0 aliphatic carbocycles. The molecule has 0 bridgehead atoms. The molecule has 2 rings (SSSR count). The maximum atomic E-state index is 9.63. The van der Waals surface area contributed by atoms with Crippen molar-refractivity contribution in [2.24, 2.45) is 0 Å². The van der Waals surface area contributed by atoms with Gasteiger partial charge in [0.15, 0.2) is 0 Å². The van der Waals surface area contributed by atoms with Crippen LogP contribution in [0.15, 0.2) is 12.4 Å². The minimum absolute atomic E-state index is 0.100. The van der Waals surface area contributed by atoms with Gasteiger partial charge in [0, 0.05) is 25.5 Å². The average Bonchev–Trinajstić information content (AvgIpc) is 2.50. The normalized spacial score (nSPS) is 22.4. The van der Waals surface area contributed by atoms with Crippen LogP contribution >= 0.6 is 0 Å². The maximum Gasteiger partial charge on any atom is 0.0553 e. The van der Waals surface area contributed by atoms with E-state index in [0.29, 0.717) is 0 Å². The minimum Gasteiger partial charge on any atom is -0.393 e. The van der Waals surface area contributed by atoms with E-state index in [2.05, 4.69) is 23.7 Å². The van der Waals surface area contributed by atoms with Gasteiger partial charge in [-0.05, 0) is 56.3 Å². The quantitative estimate of drug-likeness (QED) is 0.850. The third kappa shape index (κ3) is 3.27. The van der Waals surface area contributed by atoms with Crippen molar-refractivity contribution in [2.75, 3.05) is 13.1 Å². The van der Waals surface area contributed by atoms with Crippen LogP contribution in [0.5, 0.6) is 0 Å². The number of aromatic nitrogens is 1. The van der Waals surface area contributed by atoms with Crippen LogP contribution in [0, 0.1) is 13.8 Å². The molecule has 94 valence electrons. The van der Waals surface area contributed by atoms with Gasteiger partial charge in [-0.1, -0.05) is 0 Å². The molecule has 0 spiro atoms. The van der Waals surface area contributed by atoms with E-state index in [4.69, 9.17) is 0 Å². The monoisotopic (exact) mass is 234 g/mol. The Labute approximate surface area is 103 Å². The number of aryl methyl sites for hydroxylation is 1. The zero-order chi connectivity index (χ0) is 12.3. The van der Waals surface area contributed by atoms with Crippen LogP contribution in [0.2, 0.25) is 0 Å². The lowest BCUT2D eigenvalue weighted by Crippen LogP contribution is -2.25. The lowest BCUT2D eigenvalue weighted by atomic mass is 10.1. The van der Waals surface area contributed by atoms with Gasteiger partial charge in [-0.3, -0.25) is 9.88 Å². The number of likely N-dealkylation sites (tertiary alicyclic amines) is 1. The molecular formula is C14H22N2O. The van der Waals surface area contributed by atoms with Gasteiger partial charge in [0.2, 0.25) is 0 Å². The van der Waals surface area contributed by atoms with Gasteiger partial charge >= 0.3 is 0 Å². The molecule has 0 radical (unpaired) electrons. The molecule has 1 fully saturated rings. The summed E-state index contributed by atoms with van der Waals surface area (Å²) in [5.74, 6) is 0. The summed E-state index contributed by atoms with van der Waals surface area (Å²) in [4.78, 5) is 6.70. The van der Waals surface area contributed by atoms with Gasteiger partial charge in [0.25, 0.3) is 0 Å². The summed E-state index contributed by atoms with van der Waals surface area (Å²) in [6.07, 6.45) is 6.74. The van der Waals surface area contributed by atoms with Gasteiger partial charge in [-0.2, -0.15) is 0 Å². The number of pyridine rings is 1. The number of aliphatic hydroxyl groups is 1. The molecule has 0 aromatic carbocycles. The first-order valence-electron chi connectivity index (χ1n) is 6.47. The Hall–Kier alpha value is -0.930. The van der Waals surface area contributed by atoms with Crippen LogP contribution in [-0.2, 0) is 6.54 Å². The summed E-state index contributed by atoms with van der Waals surface area (Å²) in [5.41, 5.74) is 3.93. The first kappa shape index (κ1) is 12.5. The molecule has 0 unspecified atom stereocenters. The number of aliphatic hydroxyl groups excluding tert-OH is 1. The second-order valence-electron chi connectivity index (χ2n) is 5.10. The van der Waals surface area contributed by atoms with Gasteiger partial charge in [-0.25, -0.2) is 0 Å². The van der Waals surface area contributed by atoms with E-state index in [9.17, 15) is 5.11 Å². The minimum atomic E-state index is -0.100.